The molecule has 0 radical (unpaired) electrons. The Morgan fingerprint density at radius 2 is 2.09 bits per heavy atom. The van der Waals surface area contributed by atoms with Crippen molar-refractivity contribution in [2.45, 2.75) is 13.8 Å². The van der Waals surface area contributed by atoms with Crippen molar-refractivity contribution in [2.75, 3.05) is 32.6 Å². The topological polar surface area (TPSA) is 67.9 Å². The molecule has 7 heteroatoms. The maximum atomic E-state index is 13.9. The summed E-state index contributed by atoms with van der Waals surface area (Å²) in [6, 6.07) is 3.82. The van der Waals surface area contributed by atoms with Crippen LogP contribution in [0.4, 0.5) is 14.9 Å². The lowest BCUT2D eigenvalue weighted by Crippen LogP contribution is -2.38. The summed E-state index contributed by atoms with van der Waals surface area (Å²) in [5.74, 6) is -0.769. The van der Waals surface area contributed by atoms with Gasteiger partial charge >= 0.3 is 12.0 Å². The first-order valence-electron chi connectivity index (χ1n) is 7.30. The van der Waals surface area contributed by atoms with Gasteiger partial charge in [-0.25, -0.2) is 9.18 Å². The summed E-state index contributed by atoms with van der Waals surface area (Å²) in [5.41, 5.74) is -0.787. The molecule has 1 aromatic rings. The molecule has 1 fully saturated rings. The molecule has 0 unspecified atom stereocenters. The number of urea groups is 1. The van der Waals surface area contributed by atoms with Crippen LogP contribution in [0.25, 0.3) is 0 Å². The van der Waals surface area contributed by atoms with Gasteiger partial charge in [0.1, 0.15) is 11.4 Å². The molecule has 1 aromatic carbocycles. The number of carbonyl (C=O) groups is 2. The third-order valence-electron chi connectivity index (χ3n) is 4.47. The van der Waals surface area contributed by atoms with E-state index in [1.54, 1.807) is 13.0 Å². The summed E-state index contributed by atoms with van der Waals surface area (Å²) < 4.78 is 23.8. The Hall–Kier alpha value is -2.31. The maximum Gasteiger partial charge on any atom is 0.322 e. The number of halogens is 1. The number of hydrogen-bond donors (Lipinski definition) is 1. The number of likely N-dealkylation sites (tertiary alicyclic amines) is 1. The number of rotatable bonds is 3. The van der Waals surface area contributed by atoms with Crippen LogP contribution < -0.4 is 10.1 Å². The first-order valence-corrected chi connectivity index (χ1v) is 7.30. The zero-order valence-electron chi connectivity index (χ0n) is 13.7. The van der Waals surface area contributed by atoms with E-state index in [0.717, 1.165) is 0 Å². The fourth-order valence-electron chi connectivity index (χ4n) is 2.78. The number of anilines is 1. The van der Waals surface area contributed by atoms with Crippen molar-refractivity contribution in [3.63, 3.8) is 0 Å². The third kappa shape index (κ3) is 3.09. The predicted octanol–water partition coefficient (Wildman–Crippen LogP) is 2.50. The molecule has 0 bridgehead atoms. The largest absolute Gasteiger partial charge is 0.494 e. The monoisotopic (exact) mass is 324 g/mol. The summed E-state index contributed by atoms with van der Waals surface area (Å²) in [7, 11) is 2.73. The van der Waals surface area contributed by atoms with E-state index in [9.17, 15) is 14.0 Å². The molecule has 0 spiro atoms. The molecular formula is C16H21FN2O4. The maximum absolute atomic E-state index is 13.9. The lowest BCUT2D eigenvalue weighted by Gasteiger charge is -2.24. The minimum atomic E-state index is -0.772. The predicted molar refractivity (Wildman–Crippen MR) is 82.8 cm³/mol. The third-order valence-corrected chi connectivity index (χ3v) is 4.47. The first-order chi connectivity index (χ1) is 10.8. The zero-order chi connectivity index (χ0) is 17.2. The smallest absolute Gasteiger partial charge is 0.322 e. The van der Waals surface area contributed by atoms with Crippen molar-refractivity contribution in [3.05, 3.63) is 24.0 Å². The van der Waals surface area contributed by atoms with E-state index in [2.05, 4.69) is 5.32 Å². The van der Waals surface area contributed by atoms with Gasteiger partial charge in [0.2, 0.25) is 0 Å². The fraction of sp³-hybridized carbons (Fsp3) is 0.500. The van der Waals surface area contributed by atoms with E-state index in [0.29, 0.717) is 6.54 Å². The number of ether oxygens (including phenoxy) is 2. The van der Waals surface area contributed by atoms with E-state index in [4.69, 9.17) is 9.47 Å². The SMILES string of the molecule is COC(=O)[C@]1(C)CN(C(=O)Nc2c(F)cccc2OC)C[C@H]1C. The van der Waals surface area contributed by atoms with Crippen molar-refractivity contribution in [1.29, 1.82) is 0 Å². The lowest BCUT2D eigenvalue weighted by molar-refractivity contribution is -0.152. The van der Waals surface area contributed by atoms with E-state index in [-0.39, 0.29) is 29.9 Å². The van der Waals surface area contributed by atoms with Crippen LogP contribution in [0.2, 0.25) is 0 Å². The normalized spacial score (nSPS) is 23.5. The van der Waals surface area contributed by atoms with Crippen LogP contribution in [-0.2, 0) is 9.53 Å². The summed E-state index contributed by atoms with van der Waals surface area (Å²) in [5, 5.41) is 2.52. The van der Waals surface area contributed by atoms with Gasteiger partial charge in [-0.3, -0.25) is 4.79 Å². The van der Waals surface area contributed by atoms with E-state index in [1.165, 1.54) is 31.3 Å². The van der Waals surface area contributed by atoms with Gasteiger partial charge in [0.15, 0.2) is 5.82 Å². The van der Waals surface area contributed by atoms with Crippen LogP contribution in [0.1, 0.15) is 13.8 Å². The number of para-hydroxylation sites is 1. The Bertz CT molecular complexity index is 622. The number of benzene rings is 1. The Labute approximate surface area is 134 Å². The fourth-order valence-corrected chi connectivity index (χ4v) is 2.78. The van der Waals surface area contributed by atoms with Crippen LogP contribution in [0, 0.1) is 17.2 Å². The second-order valence-corrected chi connectivity index (χ2v) is 5.94. The summed E-state index contributed by atoms with van der Waals surface area (Å²) >= 11 is 0. The van der Waals surface area contributed by atoms with E-state index in [1.807, 2.05) is 6.92 Å². The van der Waals surface area contributed by atoms with Crippen molar-refractivity contribution in [1.82, 2.24) is 4.90 Å². The van der Waals surface area contributed by atoms with E-state index >= 15 is 0 Å². The molecule has 1 aliphatic heterocycles. The van der Waals surface area contributed by atoms with Gasteiger partial charge in [-0.05, 0) is 25.0 Å². The number of esters is 1. The van der Waals surface area contributed by atoms with Crippen molar-refractivity contribution in [3.8, 4) is 5.75 Å². The molecule has 6 nitrogen and oxygen atoms in total. The molecule has 0 saturated carbocycles. The van der Waals surface area contributed by atoms with Gasteiger partial charge < -0.3 is 19.7 Å². The highest BCUT2D eigenvalue weighted by molar-refractivity contribution is 5.92. The number of amides is 2. The van der Waals surface area contributed by atoms with Crippen molar-refractivity contribution < 1.29 is 23.5 Å². The number of nitrogens with one attached hydrogen (secondary N) is 1. The molecule has 1 N–H and O–H groups in total. The first kappa shape index (κ1) is 17.1. The van der Waals surface area contributed by atoms with Crippen LogP contribution in [0.5, 0.6) is 5.75 Å². The molecule has 1 saturated heterocycles. The summed E-state index contributed by atoms with van der Waals surface area (Å²) in [6.45, 7) is 4.24. The minimum Gasteiger partial charge on any atom is -0.494 e. The quantitative estimate of drug-likeness (QED) is 0.868. The molecule has 23 heavy (non-hydrogen) atoms. The Morgan fingerprint density at radius 3 is 2.70 bits per heavy atom. The molecule has 2 atom stereocenters. The highest BCUT2D eigenvalue weighted by atomic mass is 19.1. The molecule has 1 aliphatic rings. The summed E-state index contributed by atoms with van der Waals surface area (Å²) in [6.07, 6.45) is 0. The Kier molecular flexibility index (Phi) is 4.77. The van der Waals surface area contributed by atoms with Gasteiger partial charge in [-0.15, -0.1) is 0 Å². The highest BCUT2D eigenvalue weighted by Crippen LogP contribution is 2.37. The van der Waals surface area contributed by atoms with Crippen LogP contribution in [0.15, 0.2) is 18.2 Å². The average Bonchev–Trinajstić information content (AvgIpc) is 2.85. The number of hydrogen-bond acceptors (Lipinski definition) is 4. The van der Waals surface area contributed by atoms with Gasteiger partial charge in [0, 0.05) is 13.1 Å². The molecule has 2 rings (SSSR count). The van der Waals surface area contributed by atoms with Gasteiger partial charge in [-0.2, -0.15) is 0 Å². The van der Waals surface area contributed by atoms with Crippen LogP contribution in [-0.4, -0.2) is 44.2 Å². The zero-order valence-corrected chi connectivity index (χ0v) is 13.7. The number of nitrogens with zero attached hydrogens (tertiary/aromatic N) is 1. The molecule has 126 valence electrons. The second-order valence-electron chi connectivity index (χ2n) is 5.94. The number of methoxy groups -OCH3 is 2. The van der Waals surface area contributed by atoms with Crippen LogP contribution >= 0.6 is 0 Å². The molecule has 0 aromatic heterocycles. The van der Waals surface area contributed by atoms with Gasteiger partial charge in [0.25, 0.3) is 0 Å². The van der Waals surface area contributed by atoms with Crippen molar-refractivity contribution >= 4 is 17.7 Å². The second kappa shape index (κ2) is 6.44. The standard InChI is InChI=1S/C16H21FN2O4/c1-10-8-19(9-16(10,2)14(20)23-4)15(21)18-13-11(17)6-5-7-12(13)22-3/h5-7,10H,8-9H2,1-4H3,(H,18,21)/t10-,16-/m1/s1. The minimum absolute atomic E-state index is 0.0145. The van der Waals surface area contributed by atoms with Crippen molar-refractivity contribution in [2.24, 2.45) is 11.3 Å². The lowest BCUT2D eigenvalue weighted by atomic mass is 9.81. The summed E-state index contributed by atoms with van der Waals surface area (Å²) in [4.78, 5) is 25.9. The van der Waals surface area contributed by atoms with Gasteiger partial charge in [-0.1, -0.05) is 13.0 Å². The molecule has 2 amide bonds. The molecular weight excluding hydrogens is 303 g/mol. The molecule has 1 heterocycles. The van der Waals surface area contributed by atoms with Gasteiger partial charge in [0.05, 0.1) is 19.6 Å². The Morgan fingerprint density at radius 1 is 1.39 bits per heavy atom. The number of carbonyl (C=O) groups excluding carboxylic acids is 2. The molecule has 0 aliphatic carbocycles. The van der Waals surface area contributed by atoms with Crippen LogP contribution in [0.3, 0.4) is 0 Å². The van der Waals surface area contributed by atoms with E-state index < -0.39 is 17.3 Å². The highest BCUT2D eigenvalue weighted by Gasteiger charge is 2.48. The average molecular weight is 324 g/mol. The Balaban J connectivity index is 2.16.